The van der Waals surface area contributed by atoms with E-state index < -0.39 is 4.92 Å². The number of amides is 1. The van der Waals surface area contributed by atoms with Crippen molar-refractivity contribution in [2.24, 2.45) is 0 Å². The Balaban J connectivity index is 2.08. The van der Waals surface area contributed by atoms with Crippen LogP contribution < -0.4 is 24.4 Å². The molecule has 0 radical (unpaired) electrons. The van der Waals surface area contributed by atoms with Crippen molar-refractivity contribution < 1.29 is 28.8 Å². The van der Waals surface area contributed by atoms with Crippen molar-refractivity contribution in [3.05, 3.63) is 51.6 Å². The molecule has 2 aromatic carbocycles. The number of ether oxygens (including phenoxy) is 3. The Morgan fingerprint density at radius 1 is 1.07 bits per heavy atom. The van der Waals surface area contributed by atoms with E-state index in [-0.39, 0.29) is 23.8 Å². The van der Waals surface area contributed by atoms with Crippen LogP contribution in [-0.4, -0.2) is 45.8 Å². The van der Waals surface area contributed by atoms with Crippen LogP contribution in [0.5, 0.6) is 17.2 Å². The van der Waals surface area contributed by atoms with E-state index in [4.69, 9.17) is 14.2 Å². The first-order valence-electron chi connectivity index (χ1n) is 8.94. The third kappa shape index (κ3) is 5.58. The number of nitro groups is 1. The molecule has 0 aliphatic carbocycles. The molecule has 0 heterocycles. The number of carbonyl (C=O) groups is 1. The zero-order chi connectivity index (χ0) is 21.6. The first-order chi connectivity index (χ1) is 13.8. The van der Waals surface area contributed by atoms with Crippen molar-refractivity contribution in [3.8, 4) is 17.2 Å². The Morgan fingerprint density at radius 2 is 1.69 bits per heavy atom. The van der Waals surface area contributed by atoms with Crippen molar-refractivity contribution in [1.82, 2.24) is 0 Å². The van der Waals surface area contributed by atoms with Gasteiger partial charge in [0.05, 0.1) is 39.0 Å². The first kappa shape index (κ1) is 22.0. The molecule has 2 aromatic rings. The van der Waals surface area contributed by atoms with E-state index in [1.165, 1.54) is 25.3 Å². The number of carbonyl (C=O) groups excluding carboxylic acids is 1. The number of hydrogen-bond donors (Lipinski definition) is 2. The molecule has 0 spiro atoms. The lowest BCUT2D eigenvalue weighted by molar-refractivity contribution is -0.885. The highest BCUT2D eigenvalue weighted by atomic mass is 16.6. The molecule has 2 N–H and O–H groups in total. The number of benzene rings is 2. The third-order valence-corrected chi connectivity index (χ3v) is 4.46. The van der Waals surface area contributed by atoms with Gasteiger partial charge in [0.2, 0.25) is 0 Å². The molecule has 0 aliphatic heterocycles. The summed E-state index contributed by atoms with van der Waals surface area (Å²) in [5.74, 6) is 1.37. The molecular weight excluding hydrogens is 378 g/mol. The molecule has 0 saturated heterocycles. The van der Waals surface area contributed by atoms with Gasteiger partial charge in [-0.15, -0.1) is 0 Å². The van der Waals surface area contributed by atoms with Gasteiger partial charge in [-0.3, -0.25) is 14.9 Å². The highest BCUT2D eigenvalue weighted by molar-refractivity contribution is 5.93. The van der Waals surface area contributed by atoms with Crippen LogP contribution in [0.15, 0.2) is 30.3 Å². The number of rotatable bonds is 9. The van der Waals surface area contributed by atoms with E-state index in [9.17, 15) is 14.9 Å². The molecule has 1 atom stereocenters. The lowest BCUT2D eigenvalue weighted by Crippen LogP contribution is -3.08. The fourth-order valence-electron chi connectivity index (χ4n) is 2.98. The predicted octanol–water partition coefficient (Wildman–Crippen LogP) is 1.58. The van der Waals surface area contributed by atoms with Gasteiger partial charge in [0.25, 0.3) is 11.6 Å². The number of quaternary nitrogens is 1. The number of nitrogens with one attached hydrogen (secondary N) is 2. The van der Waals surface area contributed by atoms with E-state index >= 15 is 0 Å². The van der Waals surface area contributed by atoms with Crippen molar-refractivity contribution in [2.45, 2.75) is 13.5 Å². The topological polar surface area (TPSA) is 104 Å². The number of hydrogen-bond acceptors (Lipinski definition) is 6. The van der Waals surface area contributed by atoms with Gasteiger partial charge in [0.15, 0.2) is 18.0 Å². The van der Waals surface area contributed by atoms with Crippen molar-refractivity contribution in [1.29, 1.82) is 0 Å². The summed E-state index contributed by atoms with van der Waals surface area (Å²) in [7, 11) is 6.49. The van der Waals surface area contributed by atoms with Gasteiger partial charge >= 0.3 is 0 Å². The summed E-state index contributed by atoms with van der Waals surface area (Å²) in [6, 6.07) is 7.86. The van der Waals surface area contributed by atoms with Crippen LogP contribution in [0.4, 0.5) is 11.4 Å². The lowest BCUT2D eigenvalue weighted by Gasteiger charge is -2.17. The summed E-state index contributed by atoms with van der Waals surface area (Å²) in [6.07, 6.45) is 0. The number of aryl methyl sites for hydroxylation is 1. The summed E-state index contributed by atoms with van der Waals surface area (Å²) in [5, 5.41) is 13.7. The second-order valence-electron chi connectivity index (χ2n) is 6.63. The Kier molecular flexibility index (Phi) is 7.38. The molecule has 9 nitrogen and oxygen atoms in total. The zero-order valence-electron chi connectivity index (χ0n) is 17.2. The van der Waals surface area contributed by atoms with Gasteiger partial charge in [-0.05, 0) is 30.7 Å². The number of likely N-dealkylation sites (N-methyl/N-ethyl adjacent to an activating group) is 1. The van der Waals surface area contributed by atoms with Gasteiger partial charge in [-0.25, -0.2) is 0 Å². The Bertz CT molecular complexity index is 900. The van der Waals surface area contributed by atoms with Gasteiger partial charge < -0.3 is 24.4 Å². The SMILES string of the molecule is COc1ccc([N+](=O)[O-])cc1NC(=O)C[NH+](C)Cc1cc(OC)c(OC)cc1C. The average molecular weight is 404 g/mol. The van der Waals surface area contributed by atoms with Gasteiger partial charge in [-0.2, -0.15) is 0 Å². The molecule has 0 aliphatic rings. The molecule has 156 valence electrons. The van der Waals surface area contributed by atoms with Crippen molar-refractivity contribution in [3.63, 3.8) is 0 Å². The van der Waals surface area contributed by atoms with Crippen LogP contribution in [-0.2, 0) is 11.3 Å². The maximum Gasteiger partial charge on any atom is 0.279 e. The molecule has 9 heteroatoms. The fraction of sp³-hybridized carbons (Fsp3) is 0.350. The van der Waals surface area contributed by atoms with E-state index in [1.54, 1.807) is 14.2 Å². The normalized spacial score (nSPS) is 11.5. The summed E-state index contributed by atoms with van der Waals surface area (Å²) in [5.41, 5.74) is 2.20. The van der Waals surface area contributed by atoms with Crippen LogP contribution >= 0.6 is 0 Å². The number of anilines is 1. The average Bonchev–Trinajstić information content (AvgIpc) is 2.68. The Hall–Kier alpha value is -3.33. The molecular formula is C20H26N3O6+. The van der Waals surface area contributed by atoms with E-state index in [0.717, 1.165) is 16.0 Å². The zero-order valence-corrected chi connectivity index (χ0v) is 17.2. The Morgan fingerprint density at radius 3 is 2.28 bits per heavy atom. The summed E-state index contributed by atoms with van der Waals surface area (Å²) in [6.45, 7) is 2.73. The standard InChI is InChI=1S/C20H25N3O6/c1-13-8-18(28-4)19(29-5)9-14(13)11-22(2)12-20(24)21-16-10-15(23(25)26)6-7-17(16)27-3/h6-10H,11-12H2,1-5H3,(H,21,24)/p+1. The summed E-state index contributed by atoms with van der Waals surface area (Å²) < 4.78 is 15.8. The highest BCUT2D eigenvalue weighted by Crippen LogP contribution is 2.30. The summed E-state index contributed by atoms with van der Waals surface area (Å²) >= 11 is 0. The van der Waals surface area contributed by atoms with Crippen molar-refractivity contribution in [2.75, 3.05) is 40.2 Å². The minimum atomic E-state index is -0.522. The molecule has 0 bridgehead atoms. The predicted molar refractivity (Wildman–Crippen MR) is 108 cm³/mol. The molecule has 1 amide bonds. The molecule has 0 saturated carbocycles. The van der Waals surface area contributed by atoms with Gasteiger partial charge in [0.1, 0.15) is 12.3 Å². The van der Waals surface area contributed by atoms with Crippen LogP contribution in [0.3, 0.4) is 0 Å². The van der Waals surface area contributed by atoms with E-state index in [1.807, 2.05) is 26.1 Å². The second kappa shape index (κ2) is 9.74. The number of nitrogens with zero attached hydrogens (tertiary/aromatic N) is 1. The van der Waals surface area contributed by atoms with Crippen LogP contribution in [0, 0.1) is 17.0 Å². The Labute approximate surface area is 169 Å². The molecule has 0 fully saturated rings. The molecule has 2 rings (SSSR count). The maximum absolute atomic E-state index is 12.5. The molecule has 1 unspecified atom stereocenters. The number of non-ortho nitro benzene ring substituents is 1. The lowest BCUT2D eigenvalue weighted by atomic mass is 10.1. The van der Waals surface area contributed by atoms with E-state index in [2.05, 4.69) is 5.32 Å². The smallest absolute Gasteiger partial charge is 0.279 e. The third-order valence-electron chi connectivity index (χ3n) is 4.46. The minimum Gasteiger partial charge on any atom is -0.495 e. The summed E-state index contributed by atoms with van der Waals surface area (Å²) in [4.78, 5) is 23.9. The minimum absolute atomic E-state index is 0.122. The second-order valence-corrected chi connectivity index (χ2v) is 6.63. The monoisotopic (exact) mass is 404 g/mol. The van der Waals surface area contributed by atoms with Crippen LogP contribution in [0.2, 0.25) is 0 Å². The number of methoxy groups -OCH3 is 3. The van der Waals surface area contributed by atoms with Gasteiger partial charge in [-0.1, -0.05) is 0 Å². The van der Waals surface area contributed by atoms with Gasteiger partial charge in [0, 0.05) is 17.7 Å². The molecule has 0 aromatic heterocycles. The quantitative estimate of drug-likeness (QED) is 0.486. The van der Waals surface area contributed by atoms with Crippen molar-refractivity contribution >= 4 is 17.3 Å². The fourth-order valence-corrected chi connectivity index (χ4v) is 2.98. The first-order valence-corrected chi connectivity index (χ1v) is 8.94. The number of nitro benzene ring substituents is 1. The highest BCUT2D eigenvalue weighted by Gasteiger charge is 2.18. The van der Waals surface area contributed by atoms with Crippen LogP contribution in [0.25, 0.3) is 0 Å². The maximum atomic E-state index is 12.5. The van der Waals surface area contributed by atoms with E-state index in [0.29, 0.717) is 23.8 Å². The van der Waals surface area contributed by atoms with Crippen LogP contribution in [0.1, 0.15) is 11.1 Å². The largest absolute Gasteiger partial charge is 0.495 e. The molecule has 29 heavy (non-hydrogen) atoms.